The fourth-order valence-electron chi connectivity index (χ4n) is 2.28. The van der Waals surface area contributed by atoms with E-state index in [1.165, 1.54) is 0 Å². The maximum absolute atomic E-state index is 6.04. The first kappa shape index (κ1) is 13.8. The summed E-state index contributed by atoms with van der Waals surface area (Å²) in [5.74, 6) is 0.736. The average molecular weight is 302 g/mol. The Bertz CT molecular complexity index is 768. The van der Waals surface area contributed by atoms with Crippen LogP contribution in [-0.4, -0.2) is 19.5 Å². The lowest BCUT2D eigenvalue weighted by molar-refractivity contribution is 0.777. The third kappa shape index (κ3) is 2.69. The van der Waals surface area contributed by atoms with Gasteiger partial charge in [-0.15, -0.1) is 0 Å². The van der Waals surface area contributed by atoms with Crippen LogP contribution in [0.3, 0.4) is 0 Å². The van der Waals surface area contributed by atoms with Gasteiger partial charge in [-0.05, 0) is 31.5 Å². The molecule has 6 heteroatoms. The van der Waals surface area contributed by atoms with E-state index in [2.05, 4.69) is 34.1 Å². The standard InChI is InChI=1S/C15H16ClN5/c1-3-21-9-19-13-14(17-8-18-15(13)21)20-10(2)11-5-4-6-12(16)7-11/h4-10H,3H2,1-2H3,(H,17,18,20)/t10-/m1/s1. The second kappa shape index (κ2) is 5.69. The summed E-state index contributed by atoms with van der Waals surface area (Å²) in [5.41, 5.74) is 2.73. The number of halogens is 1. The normalized spacial score (nSPS) is 12.5. The number of imidazole rings is 1. The van der Waals surface area contributed by atoms with Gasteiger partial charge in [-0.2, -0.15) is 0 Å². The molecule has 0 saturated carbocycles. The first-order valence-electron chi connectivity index (χ1n) is 6.87. The minimum absolute atomic E-state index is 0.0774. The number of nitrogens with zero attached hydrogens (tertiary/aromatic N) is 4. The fraction of sp³-hybridized carbons (Fsp3) is 0.267. The molecule has 1 atom stereocenters. The zero-order chi connectivity index (χ0) is 14.8. The largest absolute Gasteiger partial charge is 0.362 e. The van der Waals surface area contributed by atoms with Gasteiger partial charge < -0.3 is 9.88 Å². The van der Waals surface area contributed by atoms with Crippen LogP contribution in [0.25, 0.3) is 11.2 Å². The number of anilines is 1. The molecule has 0 unspecified atom stereocenters. The molecule has 0 aliphatic rings. The minimum Gasteiger partial charge on any atom is -0.362 e. The van der Waals surface area contributed by atoms with Crippen molar-refractivity contribution >= 4 is 28.6 Å². The van der Waals surface area contributed by atoms with E-state index in [0.717, 1.165) is 34.1 Å². The van der Waals surface area contributed by atoms with Crippen molar-refractivity contribution in [2.24, 2.45) is 0 Å². The second-order valence-corrected chi connectivity index (χ2v) is 5.28. The van der Waals surface area contributed by atoms with Crippen molar-refractivity contribution < 1.29 is 0 Å². The summed E-state index contributed by atoms with van der Waals surface area (Å²) in [5, 5.41) is 4.11. The second-order valence-electron chi connectivity index (χ2n) is 4.85. The third-order valence-corrected chi connectivity index (χ3v) is 3.68. The Labute approximate surface area is 128 Å². The Morgan fingerprint density at radius 1 is 1.29 bits per heavy atom. The molecule has 0 saturated heterocycles. The number of nitrogens with one attached hydrogen (secondary N) is 1. The lowest BCUT2D eigenvalue weighted by atomic mass is 10.1. The fourth-order valence-corrected chi connectivity index (χ4v) is 2.48. The van der Waals surface area contributed by atoms with Crippen molar-refractivity contribution in [3.05, 3.63) is 47.5 Å². The average Bonchev–Trinajstić information content (AvgIpc) is 2.91. The van der Waals surface area contributed by atoms with Crippen molar-refractivity contribution in [3.8, 4) is 0 Å². The molecule has 0 spiro atoms. The van der Waals surface area contributed by atoms with Crippen LogP contribution >= 0.6 is 11.6 Å². The molecule has 0 aliphatic carbocycles. The summed E-state index contributed by atoms with van der Waals surface area (Å²) in [7, 11) is 0. The van der Waals surface area contributed by atoms with Crippen LogP contribution in [0, 0.1) is 0 Å². The molecule has 1 aromatic carbocycles. The molecule has 3 aromatic rings. The maximum Gasteiger partial charge on any atom is 0.165 e. The highest BCUT2D eigenvalue weighted by atomic mass is 35.5. The number of fused-ring (bicyclic) bond motifs is 1. The molecule has 0 fully saturated rings. The summed E-state index contributed by atoms with van der Waals surface area (Å²) >= 11 is 6.04. The van der Waals surface area contributed by atoms with E-state index in [4.69, 9.17) is 11.6 Å². The van der Waals surface area contributed by atoms with Gasteiger partial charge >= 0.3 is 0 Å². The number of hydrogen-bond acceptors (Lipinski definition) is 4. The number of aromatic nitrogens is 4. The van der Waals surface area contributed by atoms with E-state index in [0.29, 0.717) is 0 Å². The van der Waals surface area contributed by atoms with Crippen LogP contribution in [0.15, 0.2) is 36.9 Å². The molecule has 2 heterocycles. The van der Waals surface area contributed by atoms with E-state index < -0.39 is 0 Å². The lowest BCUT2D eigenvalue weighted by Gasteiger charge is -2.15. The van der Waals surface area contributed by atoms with Gasteiger partial charge in [0.05, 0.1) is 12.4 Å². The van der Waals surface area contributed by atoms with E-state index in [9.17, 15) is 0 Å². The molecule has 5 nitrogen and oxygen atoms in total. The Kier molecular flexibility index (Phi) is 3.75. The van der Waals surface area contributed by atoms with Gasteiger partial charge in [0, 0.05) is 11.6 Å². The third-order valence-electron chi connectivity index (χ3n) is 3.44. The van der Waals surface area contributed by atoms with Gasteiger partial charge in [-0.3, -0.25) is 0 Å². The van der Waals surface area contributed by atoms with Crippen molar-refractivity contribution in [2.75, 3.05) is 5.32 Å². The molecule has 1 N–H and O–H groups in total. The van der Waals surface area contributed by atoms with Gasteiger partial charge in [-0.1, -0.05) is 23.7 Å². The van der Waals surface area contributed by atoms with Gasteiger partial charge in [0.25, 0.3) is 0 Å². The molecular weight excluding hydrogens is 286 g/mol. The molecular formula is C15H16ClN5. The summed E-state index contributed by atoms with van der Waals surface area (Å²) in [6.07, 6.45) is 3.35. The zero-order valence-electron chi connectivity index (χ0n) is 11.9. The quantitative estimate of drug-likeness (QED) is 0.799. The molecule has 0 amide bonds. The van der Waals surface area contributed by atoms with Crippen LogP contribution < -0.4 is 5.32 Å². The molecule has 21 heavy (non-hydrogen) atoms. The predicted molar refractivity (Wildman–Crippen MR) is 84.5 cm³/mol. The van der Waals surface area contributed by atoms with Crippen molar-refractivity contribution in [3.63, 3.8) is 0 Å². The topological polar surface area (TPSA) is 55.6 Å². The Balaban J connectivity index is 1.93. The SMILES string of the molecule is CCn1cnc2c(N[C@H](C)c3cccc(Cl)c3)ncnc21. The summed E-state index contributed by atoms with van der Waals surface area (Å²) in [4.78, 5) is 13.0. The Morgan fingerprint density at radius 3 is 2.90 bits per heavy atom. The van der Waals surface area contributed by atoms with E-state index >= 15 is 0 Å². The number of benzene rings is 1. The minimum atomic E-state index is 0.0774. The first-order valence-corrected chi connectivity index (χ1v) is 7.24. The van der Waals surface area contributed by atoms with Gasteiger partial charge in [0.2, 0.25) is 0 Å². The van der Waals surface area contributed by atoms with Crippen LogP contribution in [0.4, 0.5) is 5.82 Å². The molecule has 108 valence electrons. The van der Waals surface area contributed by atoms with Gasteiger partial charge in [0.1, 0.15) is 11.8 Å². The highest BCUT2D eigenvalue weighted by Gasteiger charge is 2.12. The zero-order valence-corrected chi connectivity index (χ0v) is 12.7. The maximum atomic E-state index is 6.04. The summed E-state index contributed by atoms with van der Waals surface area (Å²) in [6.45, 7) is 4.96. The summed E-state index contributed by atoms with van der Waals surface area (Å²) in [6, 6.07) is 7.86. The van der Waals surface area contributed by atoms with Crippen LogP contribution in [0.5, 0.6) is 0 Å². The Morgan fingerprint density at radius 2 is 2.14 bits per heavy atom. The highest BCUT2D eigenvalue weighted by Crippen LogP contribution is 2.24. The molecule has 0 aliphatic heterocycles. The van der Waals surface area contributed by atoms with Gasteiger partial charge in [0.15, 0.2) is 11.5 Å². The monoisotopic (exact) mass is 301 g/mol. The van der Waals surface area contributed by atoms with Crippen molar-refractivity contribution in [1.82, 2.24) is 19.5 Å². The number of aryl methyl sites for hydroxylation is 1. The Hall–Kier alpha value is -2.14. The van der Waals surface area contributed by atoms with Crippen molar-refractivity contribution in [2.45, 2.75) is 26.4 Å². The van der Waals surface area contributed by atoms with Crippen LogP contribution in [0.2, 0.25) is 5.02 Å². The number of hydrogen-bond donors (Lipinski definition) is 1. The van der Waals surface area contributed by atoms with Crippen LogP contribution in [-0.2, 0) is 6.54 Å². The lowest BCUT2D eigenvalue weighted by Crippen LogP contribution is -2.09. The first-order chi connectivity index (χ1) is 10.2. The molecule has 2 aromatic heterocycles. The molecule has 3 rings (SSSR count). The van der Waals surface area contributed by atoms with E-state index in [1.54, 1.807) is 12.7 Å². The smallest absolute Gasteiger partial charge is 0.165 e. The van der Waals surface area contributed by atoms with E-state index in [1.807, 2.05) is 28.8 Å². The predicted octanol–water partition coefficient (Wildman–Crippen LogP) is 3.67. The summed E-state index contributed by atoms with van der Waals surface area (Å²) < 4.78 is 1.99. The van der Waals surface area contributed by atoms with E-state index in [-0.39, 0.29) is 6.04 Å². The molecule has 0 radical (unpaired) electrons. The van der Waals surface area contributed by atoms with Crippen molar-refractivity contribution in [1.29, 1.82) is 0 Å². The molecule has 0 bridgehead atoms. The van der Waals surface area contributed by atoms with Crippen LogP contribution in [0.1, 0.15) is 25.5 Å². The number of rotatable bonds is 4. The van der Waals surface area contributed by atoms with Gasteiger partial charge in [-0.25, -0.2) is 15.0 Å². The highest BCUT2D eigenvalue weighted by molar-refractivity contribution is 6.30.